The van der Waals surface area contributed by atoms with Gasteiger partial charge in [0, 0.05) is 62.8 Å². The number of aromatic nitrogens is 1. The van der Waals surface area contributed by atoms with Crippen molar-refractivity contribution in [3.63, 3.8) is 0 Å². The smallest absolute Gasteiger partial charge is 0.255 e. The van der Waals surface area contributed by atoms with Gasteiger partial charge < -0.3 is 14.5 Å². The molecule has 0 N–H and O–H groups in total. The molecule has 7 nitrogen and oxygen atoms in total. The number of para-hydroxylation sites is 1. The lowest BCUT2D eigenvalue weighted by Gasteiger charge is -2.34. The molecule has 0 bridgehead atoms. The van der Waals surface area contributed by atoms with Gasteiger partial charge in [-0.3, -0.25) is 19.5 Å². The molecule has 7 heteroatoms. The molecule has 1 fully saturated rings. The van der Waals surface area contributed by atoms with Gasteiger partial charge in [-0.25, -0.2) is 0 Å². The molecule has 2 aliphatic rings. The summed E-state index contributed by atoms with van der Waals surface area (Å²) in [4.78, 5) is 36.2. The Kier molecular flexibility index (Phi) is 6.43. The zero-order chi connectivity index (χ0) is 24.5. The lowest BCUT2D eigenvalue weighted by molar-refractivity contribution is -0.130. The van der Waals surface area contributed by atoms with Crippen LogP contribution in [0.25, 0.3) is 10.9 Å². The normalized spacial score (nSPS) is 16.5. The highest BCUT2D eigenvalue weighted by Crippen LogP contribution is 2.28. The van der Waals surface area contributed by atoms with Gasteiger partial charge in [0.25, 0.3) is 5.91 Å². The number of amides is 2. The number of hydrogen-bond acceptors (Lipinski definition) is 5. The molecule has 2 amide bonds. The number of fused-ring (bicyclic) bond motifs is 2. The van der Waals surface area contributed by atoms with E-state index in [-0.39, 0.29) is 11.8 Å². The quantitative estimate of drug-likeness (QED) is 0.583. The Morgan fingerprint density at radius 1 is 0.971 bits per heavy atom. The third-order valence-corrected chi connectivity index (χ3v) is 7.02. The number of ether oxygens (including phenoxy) is 1. The highest BCUT2D eigenvalue weighted by atomic mass is 16.5. The maximum Gasteiger partial charge on any atom is 0.255 e. The van der Waals surface area contributed by atoms with Crippen molar-refractivity contribution in [3.8, 4) is 5.75 Å². The van der Waals surface area contributed by atoms with Crippen LogP contribution in [0, 0.1) is 13.8 Å². The first kappa shape index (κ1) is 23.3. The maximum absolute atomic E-state index is 13.7. The van der Waals surface area contributed by atoms with E-state index >= 15 is 0 Å². The zero-order valence-corrected chi connectivity index (χ0v) is 20.7. The molecule has 0 aliphatic carbocycles. The monoisotopic (exact) mass is 472 g/mol. The van der Waals surface area contributed by atoms with Gasteiger partial charge in [-0.05, 0) is 43.2 Å². The van der Waals surface area contributed by atoms with E-state index in [1.165, 1.54) is 5.56 Å². The second kappa shape index (κ2) is 9.66. The fraction of sp³-hybridized carbons (Fsp3) is 0.393. The third kappa shape index (κ3) is 4.86. The molecule has 0 saturated carbocycles. The molecular weight excluding hydrogens is 440 g/mol. The van der Waals surface area contributed by atoms with E-state index < -0.39 is 0 Å². The predicted octanol–water partition coefficient (Wildman–Crippen LogP) is 3.55. The van der Waals surface area contributed by atoms with Gasteiger partial charge in [0.05, 0.1) is 17.6 Å². The van der Waals surface area contributed by atoms with Crippen molar-refractivity contribution in [1.82, 2.24) is 19.7 Å². The number of aryl methyl sites for hydroxylation is 2. The SMILES string of the molecule is CC(=O)N1CCN(Cc2ccc3c(c2)CN(C(=O)c2cc(C)nc4c(C)cccc24)CCO3)CC1. The van der Waals surface area contributed by atoms with Crippen LogP contribution in [0.15, 0.2) is 42.5 Å². The highest BCUT2D eigenvalue weighted by molar-refractivity contribution is 6.06. The van der Waals surface area contributed by atoms with Crippen LogP contribution < -0.4 is 4.74 Å². The van der Waals surface area contributed by atoms with Crippen LogP contribution in [0.2, 0.25) is 0 Å². The second-order valence-electron chi connectivity index (χ2n) is 9.58. The summed E-state index contributed by atoms with van der Waals surface area (Å²) in [5.41, 5.74) is 5.71. The van der Waals surface area contributed by atoms with Crippen LogP contribution in [-0.4, -0.2) is 70.8 Å². The topological polar surface area (TPSA) is 66.0 Å². The van der Waals surface area contributed by atoms with Crippen molar-refractivity contribution in [1.29, 1.82) is 0 Å². The van der Waals surface area contributed by atoms with E-state index in [0.29, 0.717) is 25.3 Å². The fourth-order valence-electron chi connectivity index (χ4n) is 5.07. The van der Waals surface area contributed by atoms with Crippen molar-refractivity contribution in [2.45, 2.75) is 33.9 Å². The Balaban J connectivity index is 1.36. The number of benzene rings is 2. The van der Waals surface area contributed by atoms with Gasteiger partial charge in [-0.2, -0.15) is 0 Å². The maximum atomic E-state index is 13.7. The Labute approximate surface area is 206 Å². The molecule has 0 unspecified atom stereocenters. The van der Waals surface area contributed by atoms with Gasteiger partial charge in [0.2, 0.25) is 5.91 Å². The van der Waals surface area contributed by atoms with Gasteiger partial charge >= 0.3 is 0 Å². The molecule has 5 rings (SSSR count). The lowest BCUT2D eigenvalue weighted by atomic mass is 10.0. The van der Waals surface area contributed by atoms with Crippen molar-refractivity contribution in [3.05, 3.63) is 70.4 Å². The first-order valence-electron chi connectivity index (χ1n) is 12.3. The lowest BCUT2D eigenvalue weighted by Crippen LogP contribution is -2.47. The van der Waals surface area contributed by atoms with Crippen LogP contribution >= 0.6 is 0 Å². The summed E-state index contributed by atoms with van der Waals surface area (Å²) in [6, 6.07) is 14.2. The standard InChI is InChI=1S/C28H32N4O3/c1-19-5-4-6-24-25(15-20(2)29-27(19)24)28(34)32-13-14-35-26-8-7-22(16-23(26)18-32)17-30-9-11-31(12-10-30)21(3)33/h4-8,15-16H,9-14,17-18H2,1-3H3. The summed E-state index contributed by atoms with van der Waals surface area (Å²) < 4.78 is 6.02. The minimum atomic E-state index is 0.00769. The Hall–Kier alpha value is -3.45. The average Bonchev–Trinajstić information content (AvgIpc) is 3.06. The summed E-state index contributed by atoms with van der Waals surface area (Å²) in [5.74, 6) is 0.995. The molecule has 182 valence electrons. The summed E-state index contributed by atoms with van der Waals surface area (Å²) in [6.45, 7) is 11.2. The first-order chi connectivity index (χ1) is 16.9. The van der Waals surface area contributed by atoms with Gasteiger partial charge in [-0.1, -0.05) is 24.3 Å². The van der Waals surface area contributed by atoms with E-state index in [1.54, 1.807) is 6.92 Å². The first-order valence-corrected chi connectivity index (χ1v) is 12.3. The van der Waals surface area contributed by atoms with Crippen LogP contribution in [0.4, 0.5) is 0 Å². The van der Waals surface area contributed by atoms with Crippen LogP contribution in [0.5, 0.6) is 5.75 Å². The highest BCUT2D eigenvalue weighted by Gasteiger charge is 2.24. The van der Waals surface area contributed by atoms with Crippen molar-refractivity contribution >= 4 is 22.7 Å². The molecule has 0 atom stereocenters. The zero-order valence-electron chi connectivity index (χ0n) is 20.7. The molecular formula is C28H32N4O3. The van der Waals surface area contributed by atoms with Gasteiger partial charge in [0.15, 0.2) is 0 Å². The Bertz CT molecular complexity index is 1280. The third-order valence-electron chi connectivity index (χ3n) is 7.02. The molecule has 2 aromatic carbocycles. The van der Waals surface area contributed by atoms with Crippen LogP contribution in [0.1, 0.15) is 39.7 Å². The number of carbonyl (C=O) groups is 2. The number of rotatable bonds is 3. The predicted molar refractivity (Wildman–Crippen MR) is 135 cm³/mol. The molecule has 0 radical (unpaired) electrons. The average molecular weight is 473 g/mol. The van der Waals surface area contributed by atoms with E-state index in [2.05, 4.69) is 22.0 Å². The molecule has 3 heterocycles. The van der Waals surface area contributed by atoms with Gasteiger partial charge in [-0.15, -0.1) is 0 Å². The van der Waals surface area contributed by atoms with Crippen molar-refractivity contribution in [2.75, 3.05) is 39.3 Å². The largest absolute Gasteiger partial charge is 0.491 e. The van der Waals surface area contributed by atoms with E-state index in [0.717, 1.165) is 66.2 Å². The van der Waals surface area contributed by atoms with Crippen LogP contribution in [-0.2, 0) is 17.9 Å². The second-order valence-corrected chi connectivity index (χ2v) is 9.58. The number of pyridine rings is 1. The van der Waals surface area contributed by atoms with Crippen molar-refractivity contribution < 1.29 is 14.3 Å². The molecule has 0 spiro atoms. The summed E-state index contributed by atoms with van der Waals surface area (Å²) in [7, 11) is 0. The molecule has 35 heavy (non-hydrogen) atoms. The molecule has 3 aromatic rings. The fourth-order valence-corrected chi connectivity index (χ4v) is 5.07. The summed E-state index contributed by atoms with van der Waals surface area (Å²) >= 11 is 0. The molecule has 2 aliphatic heterocycles. The number of carbonyl (C=O) groups excluding carboxylic acids is 2. The minimum absolute atomic E-state index is 0.00769. The minimum Gasteiger partial charge on any atom is -0.491 e. The van der Waals surface area contributed by atoms with E-state index in [1.807, 2.05) is 54.0 Å². The van der Waals surface area contributed by atoms with E-state index in [4.69, 9.17) is 4.74 Å². The number of hydrogen-bond donors (Lipinski definition) is 0. The van der Waals surface area contributed by atoms with Crippen LogP contribution in [0.3, 0.4) is 0 Å². The number of nitrogens with zero attached hydrogens (tertiary/aromatic N) is 4. The Morgan fingerprint density at radius 3 is 2.54 bits per heavy atom. The number of piperazine rings is 1. The van der Waals surface area contributed by atoms with E-state index in [9.17, 15) is 9.59 Å². The summed E-state index contributed by atoms with van der Waals surface area (Å²) in [5, 5.41) is 0.893. The van der Waals surface area contributed by atoms with Gasteiger partial charge in [0.1, 0.15) is 12.4 Å². The molecule has 1 saturated heterocycles. The Morgan fingerprint density at radius 2 is 1.77 bits per heavy atom. The molecule has 1 aromatic heterocycles. The summed E-state index contributed by atoms with van der Waals surface area (Å²) in [6.07, 6.45) is 0. The van der Waals surface area contributed by atoms with Crippen molar-refractivity contribution in [2.24, 2.45) is 0 Å².